The van der Waals surface area contributed by atoms with Crippen LogP contribution in [0.2, 0.25) is 5.15 Å². The third-order valence-corrected chi connectivity index (χ3v) is 7.00. The minimum atomic E-state index is -0.287. The molecule has 1 saturated heterocycles. The Hall–Kier alpha value is -3.88. The fourth-order valence-electron chi connectivity index (χ4n) is 4.83. The highest BCUT2D eigenvalue weighted by molar-refractivity contribution is 6.29. The topological polar surface area (TPSA) is 105 Å². The summed E-state index contributed by atoms with van der Waals surface area (Å²) < 4.78 is 11.9. The summed E-state index contributed by atoms with van der Waals surface area (Å²) in [5.41, 5.74) is 4.79. The summed E-state index contributed by atoms with van der Waals surface area (Å²) in [6, 6.07) is 11.8. The molecule has 4 aromatic rings. The summed E-state index contributed by atoms with van der Waals surface area (Å²) in [6.07, 6.45) is 0.591. The molecule has 1 atom stereocenters. The van der Waals surface area contributed by atoms with Crippen molar-refractivity contribution in [2.75, 3.05) is 36.5 Å². The smallest absolute Gasteiger partial charge is 0.203 e. The molecular formula is C29H28ClN3O5. The minimum absolute atomic E-state index is 0.0516. The van der Waals surface area contributed by atoms with Crippen LogP contribution < -0.4 is 15.6 Å². The van der Waals surface area contributed by atoms with Gasteiger partial charge < -0.3 is 24.5 Å². The van der Waals surface area contributed by atoms with Crippen LogP contribution in [0.25, 0.3) is 22.2 Å². The summed E-state index contributed by atoms with van der Waals surface area (Å²) >= 11 is 6.23. The number of aromatic nitrogens is 1. The molecule has 0 bridgehead atoms. The van der Waals surface area contributed by atoms with E-state index in [2.05, 4.69) is 15.2 Å². The summed E-state index contributed by atoms with van der Waals surface area (Å²) in [4.78, 5) is 31.4. The van der Waals surface area contributed by atoms with Gasteiger partial charge in [0.25, 0.3) is 0 Å². The van der Waals surface area contributed by atoms with Gasteiger partial charge in [0.05, 0.1) is 47.2 Å². The molecule has 2 aromatic carbocycles. The first-order chi connectivity index (χ1) is 18.3. The molecule has 0 spiro atoms. The van der Waals surface area contributed by atoms with Gasteiger partial charge in [0.2, 0.25) is 5.88 Å². The number of pyridine rings is 1. The normalized spacial score (nSPS) is 14.5. The zero-order chi connectivity index (χ0) is 27.0. The van der Waals surface area contributed by atoms with Crippen molar-refractivity contribution < 1.29 is 19.1 Å². The number of carbonyl (C=O) groups is 1. The van der Waals surface area contributed by atoms with Crippen LogP contribution in [0.3, 0.4) is 0 Å². The lowest BCUT2D eigenvalue weighted by Gasteiger charge is -2.29. The van der Waals surface area contributed by atoms with Crippen LogP contribution in [0.1, 0.15) is 40.0 Å². The van der Waals surface area contributed by atoms with Crippen molar-refractivity contribution >= 4 is 40.4 Å². The molecule has 1 unspecified atom stereocenters. The molecule has 2 N–H and O–H groups in total. The summed E-state index contributed by atoms with van der Waals surface area (Å²) in [6.45, 7) is 8.20. The molecule has 38 heavy (non-hydrogen) atoms. The van der Waals surface area contributed by atoms with Gasteiger partial charge in [0.15, 0.2) is 11.7 Å². The number of ether oxygens (including phenoxy) is 1. The number of benzene rings is 2. The predicted molar refractivity (Wildman–Crippen MR) is 149 cm³/mol. The lowest BCUT2D eigenvalue weighted by atomic mass is 9.99. The van der Waals surface area contributed by atoms with E-state index < -0.39 is 0 Å². The largest absolute Gasteiger partial charge is 0.507 e. The van der Waals surface area contributed by atoms with Crippen LogP contribution in [0.15, 0.2) is 51.7 Å². The highest BCUT2D eigenvalue weighted by Gasteiger charge is 2.23. The predicted octanol–water partition coefficient (Wildman–Crippen LogP) is 5.65. The monoisotopic (exact) mass is 533 g/mol. The van der Waals surface area contributed by atoms with E-state index in [1.54, 1.807) is 25.1 Å². The number of hydrogen-bond acceptors (Lipinski definition) is 8. The number of fused-ring (bicyclic) bond motifs is 1. The Labute approximate surface area is 224 Å². The van der Waals surface area contributed by atoms with Gasteiger partial charge in [-0.15, -0.1) is 0 Å². The maximum absolute atomic E-state index is 13.4. The molecule has 5 rings (SSSR count). The van der Waals surface area contributed by atoms with Crippen LogP contribution in [-0.4, -0.2) is 42.7 Å². The van der Waals surface area contributed by atoms with Gasteiger partial charge in [-0.3, -0.25) is 9.59 Å². The van der Waals surface area contributed by atoms with E-state index in [9.17, 15) is 14.7 Å². The number of carbonyl (C=O) groups excluding carboxylic acids is 1. The van der Waals surface area contributed by atoms with Gasteiger partial charge in [-0.2, -0.15) is 0 Å². The van der Waals surface area contributed by atoms with E-state index in [0.717, 1.165) is 11.1 Å². The number of phenolic OH excluding ortho intramolecular Hbond substituents is 1. The summed E-state index contributed by atoms with van der Waals surface area (Å²) in [5, 5.41) is 14.3. The fraction of sp³-hybridized carbons (Fsp3) is 0.276. The third kappa shape index (κ3) is 4.85. The van der Waals surface area contributed by atoms with Gasteiger partial charge in [-0.25, -0.2) is 4.98 Å². The average molecular weight is 534 g/mol. The molecule has 0 radical (unpaired) electrons. The molecule has 0 aliphatic carbocycles. The number of aryl methyl sites for hydroxylation is 1. The Bertz CT molecular complexity index is 1590. The molecule has 0 amide bonds. The molecule has 1 fully saturated rings. The SMILES string of the molecule is Cc1cc(C(C)Nc2ccc(Cl)nc2-c2ccc(O)c(C=O)c2)c2oc(N3CCOCC3)c(C)c(=O)c2c1. The Morgan fingerprint density at radius 2 is 1.89 bits per heavy atom. The van der Waals surface area contributed by atoms with Crippen LogP contribution in [0.4, 0.5) is 11.6 Å². The van der Waals surface area contributed by atoms with Crippen LogP contribution in [0, 0.1) is 13.8 Å². The second-order valence-electron chi connectivity index (χ2n) is 9.48. The van der Waals surface area contributed by atoms with E-state index in [4.69, 9.17) is 20.8 Å². The number of hydrogen-bond donors (Lipinski definition) is 2. The number of nitrogens with one attached hydrogen (secondary N) is 1. The Kier molecular flexibility index (Phi) is 7.10. The first-order valence-electron chi connectivity index (χ1n) is 12.4. The highest BCUT2D eigenvalue weighted by atomic mass is 35.5. The lowest BCUT2D eigenvalue weighted by Crippen LogP contribution is -2.37. The van der Waals surface area contributed by atoms with Crippen LogP contribution >= 0.6 is 11.6 Å². The number of rotatable bonds is 6. The molecule has 3 heterocycles. The molecule has 8 nitrogen and oxygen atoms in total. The Morgan fingerprint density at radius 1 is 1.13 bits per heavy atom. The van der Waals surface area contributed by atoms with Crippen molar-refractivity contribution in [2.24, 2.45) is 0 Å². The number of aldehydes is 1. The quantitative estimate of drug-likeness (QED) is 0.242. The van der Waals surface area contributed by atoms with Crippen molar-refractivity contribution in [1.29, 1.82) is 0 Å². The first-order valence-corrected chi connectivity index (χ1v) is 12.8. The molecule has 196 valence electrons. The Morgan fingerprint density at radius 3 is 2.63 bits per heavy atom. The zero-order valence-corrected chi connectivity index (χ0v) is 22.1. The number of anilines is 2. The number of aromatic hydroxyl groups is 1. The minimum Gasteiger partial charge on any atom is -0.507 e. The zero-order valence-electron chi connectivity index (χ0n) is 21.4. The number of nitrogens with zero attached hydrogens (tertiary/aromatic N) is 2. The van der Waals surface area contributed by atoms with Gasteiger partial charge in [-0.1, -0.05) is 17.7 Å². The lowest BCUT2D eigenvalue weighted by molar-refractivity contribution is 0.112. The molecule has 9 heteroatoms. The van der Waals surface area contributed by atoms with Gasteiger partial charge in [0.1, 0.15) is 16.5 Å². The van der Waals surface area contributed by atoms with Crippen molar-refractivity contribution in [3.05, 3.63) is 80.1 Å². The van der Waals surface area contributed by atoms with Crippen LogP contribution in [0.5, 0.6) is 5.75 Å². The first kappa shape index (κ1) is 25.8. The van der Waals surface area contributed by atoms with Crippen molar-refractivity contribution in [2.45, 2.75) is 26.8 Å². The van der Waals surface area contributed by atoms with E-state index in [1.807, 2.05) is 32.0 Å². The standard InChI is InChI=1S/C29H28ClN3O5/c1-16-12-21(28-22(13-16)27(36)17(2)29(38-28)33-8-10-37-11-9-33)18(3)31-23-5-7-25(30)32-26(23)19-4-6-24(35)20(14-19)15-34/h4-7,12-15,18,31,35H,8-11H2,1-3H3. The highest BCUT2D eigenvalue weighted by Crippen LogP contribution is 2.35. The maximum Gasteiger partial charge on any atom is 0.203 e. The second-order valence-corrected chi connectivity index (χ2v) is 9.87. The maximum atomic E-state index is 13.4. The average Bonchev–Trinajstić information content (AvgIpc) is 2.92. The summed E-state index contributed by atoms with van der Waals surface area (Å²) in [7, 11) is 0. The van der Waals surface area contributed by atoms with E-state index >= 15 is 0 Å². The second kappa shape index (κ2) is 10.5. The van der Waals surface area contributed by atoms with Gasteiger partial charge in [0, 0.05) is 24.2 Å². The van der Waals surface area contributed by atoms with Crippen molar-refractivity contribution in [1.82, 2.24) is 4.98 Å². The molecule has 1 aliphatic heterocycles. The molecule has 2 aromatic heterocycles. The molecular weight excluding hydrogens is 506 g/mol. The van der Waals surface area contributed by atoms with Gasteiger partial charge >= 0.3 is 0 Å². The van der Waals surface area contributed by atoms with Crippen LogP contribution in [-0.2, 0) is 4.74 Å². The summed E-state index contributed by atoms with van der Waals surface area (Å²) in [5.74, 6) is 0.462. The number of phenols is 1. The Balaban J connectivity index is 1.60. The van der Waals surface area contributed by atoms with E-state index in [1.165, 1.54) is 6.07 Å². The van der Waals surface area contributed by atoms with E-state index in [-0.39, 0.29) is 27.9 Å². The molecule has 1 aliphatic rings. The van der Waals surface area contributed by atoms with Gasteiger partial charge in [-0.05, 0) is 62.7 Å². The molecule has 0 saturated carbocycles. The van der Waals surface area contributed by atoms with Crippen molar-refractivity contribution in [3.63, 3.8) is 0 Å². The number of morpholine rings is 1. The fourth-order valence-corrected chi connectivity index (χ4v) is 4.97. The van der Waals surface area contributed by atoms with Crippen molar-refractivity contribution in [3.8, 4) is 17.0 Å². The number of halogens is 1. The third-order valence-electron chi connectivity index (χ3n) is 6.79. The van der Waals surface area contributed by atoms with E-state index in [0.29, 0.717) is 72.0 Å².